The Balaban J connectivity index is 2.09. The maximum absolute atomic E-state index is 12.6. The molecule has 1 unspecified atom stereocenters. The van der Waals surface area contributed by atoms with Gasteiger partial charge in [-0.1, -0.05) is 6.92 Å². The average molecular weight is 250 g/mol. The molecule has 0 bridgehead atoms. The molecule has 18 heavy (non-hydrogen) atoms. The van der Waals surface area contributed by atoms with E-state index >= 15 is 0 Å². The Morgan fingerprint density at radius 1 is 1.50 bits per heavy atom. The fraction of sp³-hybridized carbons (Fsp3) is 0.857. The van der Waals surface area contributed by atoms with Crippen molar-refractivity contribution in [2.75, 3.05) is 13.2 Å². The number of likely N-dealkylation sites (tertiary alicyclic amines) is 1. The molecule has 1 saturated carbocycles. The predicted octanol–water partition coefficient (Wildman–Crippen LogP) is 1.69. The highest BCUT2D eigenvalue weighted by Gasteiger charge is 2.51. The minimum atomic E-state index is -0.759. The summed E-state index contributed by atoms with van der Waals surface area (Å²) in [6, 6.07) is 2.39. The molecule has 4 heteroatoms. The summed E-state index contributed by atoms with van der Waals surface area (Å²) >= 11 is 0. The van der Waals surface area contributed by atoms with Gasteiger partial charge in [0.25, 0.3) is 0 Å². The summed E-state index contributed by atoms with van der Waals surface area (Å²) in [5.74, 6) is 0.496. The van der Waals surface area contributed by atoms with Crippen LogP contribution in [0.25, 0.3) is 0 Å². The highest BCUT2D eigenvalue weighted by Crippen LogP contribution is 2.47. The first-order valence-corrected chi connectivity index (χ1v) is 6.96. The summed E-state index contributed by atoms with van der Waals surface area (Å²) in [4.78, 5) is 14.5. The Bertz CT molecular complexity index is 353. The molecule has 1 aliphatic heterocycles. The second-order valence-electron chi connectivity index (χ2n) is 5.87. The standard InChI is InChI=1S/C14H22N2O2/c1-11-8-14(9-11,10-15)13(18)16-6-3-2-4-12(16)5-7-17/h11-12,17H,2-9H2,1H3. The van der Waals surface area contributed by atoms with Crippen LogP contribution in [-0.2, 0) is 4.79 Å². The van der Waals surface area contributed by atoms with Crippen LogP contribution in [0.5, 0.6) is 0 Å². The van der Waals surface area contributed by atoms with E-state index in [0.717, 1.165) is 25.8 Å². The molecule has 1 saturated heterocycles. The minimum Gasteiger partial charge on any atom is -0.396 e. The minimum absolute atomic E-state index is 0.0150. The largest absolute Gasteiger partial charge is 0.396 e. The molecule has 1 aliphatic carbocycles. The van der Waals surface area contributed by atoms with E-state index in [2.05, 4.69) is 13.0 Å². The average Bonchev–Trinajstić information content (AvgIpc) is 2.35. The van der Waals surface area contributed by atoms with Crippen molar-refractivity contribution in [3.63, 3.8) is 0 Å². The van der Waals surface area contributed by atoms with Gasteiger partial charge in [-0.15, -0.1) is 0 Å². The van der Waals surface area contributed by atoms with Crippen molar-refractivity contribution in [1.82, 2.24) is 4.90 Å². The number of piperidine rings is 1. The van der Waals surface area contributed by atoms with Crippen LogP contribution < -0.4 is 0 Å². The Morgan fingerprint density at radius 3 is 2.78 bits per heavy atom. The van der Waals surface area contributed by atoms with E-state index in [-0.39, 0.29) is 18.6 Å². The lowest BCUT2D eigenvalue weighted by molar-refractivity contribution is -0.149. The van der Waals surface area contributed by atoms with Gasteiger partial charge in [-0.3, -0.25) is 4.79 Å². The molecule has 0 spiro atoms. The Labute approximate surface area is 109 Å². The van der Waals surface area contributed by atoms with Gasteiger partial charge < -0.3 is 10.0 Å². The topological polar surface area (TPSA) is 64.3 Å². The van der Waals surface area contributed by atoms with Gasteiger partial charge in [-0.2, -0.15) is 5.26 Å². The van der Waals surface area contributed by atoms with Crippen molar-refractivity contribution in [3.8, 4) is 6.07 Å². The van der Waals surface area contributed by atoms with Gasteiger partial charge in [-0.25, -0.2) is 0 Å². The number of hydrogen-bond donors (Lipinski definition) is 1. The van der Waals surface area contributed by atoms with Crippen LogP contribution in [0.1, 0.15) is 45.4 Å². The fourth-order valence-corrected chi connectivity index (χ4v) is 3.44. The molecule has 1 amide bonds. The van der Waals surface area contributed by atoms with Crippen LogP contribution in [0.4, 0.5) is 0 Å². The highest BCUT2D eigenvalue weighted by molar-refractivity contribution is 5.87. The summed E-state index contributed by atoms with van der Waals surface area (Å²) < 4.78 is 0. The SMILES string of the molecule is CC1CC(C#N)(C(=O)N2CCCCC2CCO)C1. The van der Waals surface area contributed by atoms with Crippen molar-refractivity contribution in [2.24, 2.45) is 11.3 Å². The summed E-state index contributed by atoms with van der Waals surface area (Å²) in [6.07, 6.45) is 5.14. The van der Waals surface area contributed by atoms with Crippen LogP contribution >= 0.6 is 0 Å². The quantitative estimate of drug-likeness (QED) is 0.829. The first-order valence-electron chi connectivity index (χ1n) is 6.96. The molecule has 2 fully saturated rings. The van der Waals surface area contributed by atoms with E-state index in [0.29, 0.717) is 25.2 Å². The fourth-order valence-electron chi connectivity index (χ4n) is 3.44. The molecule has 0 aromatic carbocycles. The predicted molar refractivity (Wildman–Crippen MR) is 67.5 cm³/mol. The van der Waals surface area contributed by atoms with E-state index in [1.54, 1.807) is 0 Å². The van der Waals surface area contributed by atoms with Crippen LogP contribution in [0, 0.1) is 22.7 Å². The van der Waals surface area contributed by atoms with Crippen LogP contribution in [0.15, 0.2) is 0 Å². The molecule has 0 aromatic rings. The van der Waals surface area contributed by atoms with Crippen LogP contribution in [-0.4, -0.2) is 35.1 Å². The van der Waals surface area contributed by atoms with E-state index in [1.165, 1.54) is 0 Å². The van der Waals surface area contributed by atoms with Gasteiger partial charge in [0.15, 0.2) is 0 Å². The lowest BCUT2D eigenvalue weighted by Gasteiger charge is -2.46. The van der Waals surface area contributed by atoms with Crippen molar-refractivity contribution in [2.45, 2.75) is 51.5 Å². The number of aliphatic hydroxyl groups excluding tert-OH is 1. The third-order valence-electron chi connectivity index (χ3n) is 4.37. The molecule has 2 rings (SSSR count). The lowest BCUT2D eigenvalue weighted by atomic mass is 9.62. The van der Waals surface area contributed by atoms with Crippen LogP contribution in [0.3, 0.4) is 0 Å². The van der Waals surface area contributed by atoms with E-state index < -0.39 is 5.41 Å². The molecule has 1 heterocycles. The summed E-state index contributed by atoms with van der Waals surface area (Å²) in [5.41, 5.74) is -0.759. The van der Waals surface area contributed by atoms with Crippen LogP contribution in [0.2, 0.25) is 0 Å². The van der Waals surface area contributed by atoms with Crippen molar-refractivity contribution >= 4 is 5.91 Å². The van der Waals surface area contributed by atoms with Gasteiger partial charge >= 0.3 is 0 Å². The molecule has 100 valence electrons. The zero-order chi connectivity index (χ0) is 13.2. The number of carbonyl (C=O) groups is 1. The van der Waals surface area contributed by atoms with Crippen molar-refractivity contribution in [1.29, 1.82) is 5.26 Å². The third-order valence-corrected chi connectivity index (χ3v) is 4.37. The monoisotopic (exact) mass is 250 g/mol. The van der Waals surface area contributed by atoms with E-state index in [9.17, 15) is 10.1 Å². The van der Waals surface area contributed by atoms with E-state index in [1.807, 2.05) is 4.90 Å². The van der Waals surface area contributed by atoms with Gasteiger partial charge in [0.2, 0.25) is 5.91 Å². The second kappa shape index (κ2) is 5.27. The van der Waals surface area contributed by atoms with Gasteiger partial charge in [0.05, 0.1) is 6.07 Å². The maximum Gasteiger partial charge on any atom is 0.243 e. The zero-order valence-electron chi connectivity index (χ0n) is 11.1. The molecule has 4 nitrogen and oxygen atoms in total. The number of hydrogen-bond acceptors (Lipinski definition) is 3. The second-order valence-corrected chi connectivity index (χ2v) is 5.87. The molecular formula is C14H22N2O2. The smallest absolute Gasteiger partial charge is 0.243 e. The molecule has 1 atom stereocenters. The lowest BCUT2D eigenvalue weighted by Crippen LogP contribution is -2.54. The number of carbonyl (C=O) groups excluding carboxylic acids is 1. The number of aliphatic hydroxyl groups is 1. The molecule has 0 radical (unpaired) electrons. The third kappa shape index (κ3) is 2.24. The number of nitrogens with zero attached hydrogens (tertiary/aromatic N) is 2. The summed E-state index contributed by atoms with van der Waals surface area (Å²) in [5, 5.41) is 18.4. The molecule has 1 N–H and O–H groups in total. The number of rotatable bonds is 3. The highest BCUT2D eigenvalue weighted by atomic mass is 16.3. The Hall–Kier alpha value is -1.08. The summed E-state index contributed by atoms with van der Waals surface area (Å²) in [6.45, 7) is 2.95. The first-order chi connectivity index (χ1) is 8.63. The summed E-state index contributed by atoms with van der Waals surface area (Å²) in [7, 11) is 0. The zero-order valence-corrected chi connectivity index (χ0v) is 11.1. The van der Waals surface area contributed by atoms with E-state index in [4.69, 9.17) is 5.11 Å². The molecule has 2 aliphatic rings. The first kappa shape index (κ1) is 13.4. The maximum atomic E-state index is 12.6. The van der Waals surface area contributed by atoms with Crippen molar-refractivity contribution in [3.05, 3.63) is 0 Å². The number of amides is 1. The van der Waals surface area contributed by atoms with Gasteiger partial charge in [0.1, 0.15) is 5.41 Å². The van der Waals surface area contributed by atoms with Gasteiger partial charge in [-0.05, 0) is 44.4 Å². The van der Waals surface area contributed by atoms with Gasteiger partial charge in [0, 0.05) is 19.2 Å². The molecule has 0 aromatic heterocycles. The molecular weight excluding hydrogens is 228 g/mol. The number of nitriles is 1. The Kier molecular flexibility index (Phi) is 3.91. The normalized spacial score (nSPS) is 35.7. The van der Waals surface area contributed by atoms with Crippen molar-refractivity contribution < 1.29 is 9.90 Å². The Morgan fingerprint density at radius 2 is 2.22 bits per heavy atom.